The first-order valence-electron chi connectivity index (χ1n) is 12.9. The molecule has 0 aliphatic carbocycles. The lowest BCUT2D eigenvalue weighted by Crippen LogP contribution is -2.42. The van der Waals surface area contributed by atoms with E-state index < -0.39 is 11.8 Å². The molecule has 0 unspecified atom stereocenters. The van der Waals surface area contributed by atoms with Crippen molar-refractivity contribution in [2.45, 2.75) is 46.8 Å². The van der Waals surface area contributed by atoms with Gasteiger partial charge in [0.15, 0.2) is 0 Å². The first kappa shape index (κ1) is 26.4. The Bertz CT molecular complexity index is 1690. The maximum Gasteiger partial charge on any atom is 0.410 e. The fourth-order valence-corrected chi connectivity index (χ4v) is 6.30. The second kappa shape index (κ2) is 10.9. The maximum absolute atomic E-state index is 13.8. The minimum Gasteiger partial charge on any atom is -0.450 e. The Morgan fingerprint density at radius 1 is 1.05 bits per heavy atom. The van der Waals surface area contributed by atoms with E-state index in [1.807, 2.05) is 62.4 Å². The molecular formula is C29H30N4O5S. The summed E-state index contributed by atoms with van der Waals surface area (Å²) in [5, 5.41) is 3.35. The number of amides is 2. The number of fused-ring (bicyclic) bond motifs is 3. The Balaban J connectivity index is 1.59. The maximum atomic E-state index is 13.8. The van der Waals surface area contributed by atoms with E-state index in [1.54, 1.807) is 11.8 Å². The summed E-state index contributed by atoms with van der Waals surface area (Å²) in [5.74, 6) is -0.366. The Morgan fingerprint density at radius 2 is 1.82 bits per heavy atom. The van der Waals surface area contributed by atoms with Gasteiger partial charge in [0.25, 0.3) is 5.56 Å². The minimum absolute atomic E-state index is 0.0900. The van der Waals surface area contributed by atoms with Gasteiger partial charge in [-0.1, -0.05) is 48.0 Å². The third-order valence-electron chi connectivity index (χ3n) is 6.87. The summed E-state index contributed by atoms with van der Waals surface area (Å²) in [7, 11) is 0. The normalized spacial score (nSPS) is 12.8. The van der Waals surface area contributed by atoms with Crippen LogP contribution in [0.1, 0.15) is 34.1 Å². The average molecular weight is 547 g/mol. The van der Waals surface area contributed by atoms with Crippen molar-refractivity contribution in [2.24, 2.45) is 0 Å². The van der Waals surface area contributed by atoms with Crippen LogP contribution < -0.4 is 16.6 Å². The fraction of sp³-hybridized carbons (Fsp3) is 0.310. The molecule has 39 heavy (non-hydrogen) atoms. The zero-order valence-corrected chi connectivity index (χ0v) is 23.0. The predicted octanol–water partition coefficient (Wildman–Crippen LogP) is 4.04. The van der Waals surface area contributed by atoms with Crippen LogP contribution in [0.3, 0.4) is 0 Å². The summed E-state index contributed by atoms with van der Waals surface area (Å²) in [6.45, 7) is 6.45. The van der Waals surface area contributed by atoms with Gasteiger partial charge in [-0.05, 0) is 49.9 Å². The molecular weight excluding hydrogens is 516 g/mol. The van der Waals surface area contributed by atoms with Crippen LogP contribution in [0.2, 0.25) is 0 Å². The fourth-order valence-electron chi connectivity index (χ4n) is 4.96. The number of aromatic nitrogens is 2. The molecule has 0 fully saturated rings. The van der Waals surface area contributed by atoms with Crippen LogP contribution in [-0.4, -0.2) is 39.2 Å². The summed E-state index contributed by atoms with van der Waals surface area (Å²) < 4.78 is 7.75. The van der Waals surface area contributed by atoms with E-state index in [0.29, 0.717) is 28.9 Å². The van der Waals surface area contributed by atoms with E-state index in [4.69, 9.17) is 4.74 Å². The third kappa shape index (κ3) is 5.24. The Morgan fingerprint density at radius 3 is 2.54 bits per heavy atom. The van der Waals surface area contributed by atoms with Crippen molar-refractivity contribution in [3.05, 3.63) is 96.5 Å². The van der Waals surface area contributed by atoms with Crippen molar-refractivity contribution in [3.63, 3.8) is 0 Å². The quantitative estimate of drug-likeness (QED) is 0.393. The Kier molecular flexibility index (Phi) is 7.38. The highest BCUT2D eigenvalue weighted by Gasteiger charge is 2.29. The second-order valence-corrected chi connectivity index (χ2v) is 10.8. The number of hydrogen-bond acceptors (Lipinski definition) is 6. The average Bonchev–Trinajstić information content (AvgIpc) is 3.30. The van der Waals surface area contributed by atoms with E-state index in [1.165, 1.54) is 20.5 Å². The number of ether oxygens (including phenoxy) is 1. The van der Waals surface area contributed by atoms with Crippen molar-refractivity contribution < 1.29 is 14.3 Å². The number of carbonyl (C=O) groups is 2. The number of aryl methyl sites for hydroxylation is 2. The summed E-state index contributed by atoms with van der Waals surface area (Å²) in [6, 6.07) is 15.0. The van der Waals surface area contributed by atoms with Crippen molar-refractivity contribution in [3.8, 4) is 0 Å². The molecule has 1 N–H and O–H groups in total. The lowest BCUT2D eigenvalue weighted by atomic mass is 10.1. The van der Waals surface area contributed by atoms with Gasteiger partial charge in [-0.15, -0.1) is 11.3 Å². The zero-order chi connectivity index (χ0) is 27.7. The van der Waals surface area contributed by atoms with E-state index in [2.05, 4.69) is 5.32 Å². The number of anilines is 1. The topological polar surface area (TPSA) is 103 Å². The smallest absolute Gasteiger partial charge is 0.410 e. The predicted molar refractivity (Wildman–Crippen MR) is 152 cm³/mol. The third-order valence-corrected chi connectivity index (χ3v) is 8.11. The van der Waals surface area contributed by atoms with Crippen molar-refractivity contribution in [1.29, 1.82) is 0 Å². The SMILES string of the molecule is CCOC(=O)N1CCc2c(sc3c2c(=O)n(Cc2ccccc2)c(=O)n3CC(=O)Nc2ccc(C)cc2C)C1. The molecule has 0 atom stereocenters. The first-order valence-corrected chi connectivity index (χ1v) is 13.7. The monoisotopic (exact) mass is 546 g/mol. The molecule has 10 heteroatoms. The van der Waals surface area contributed by atoms with Gasteiger partial charge in [0, 0.05) is 17.1 Å². The van der Waals surface area contributed by atoms with Crippen LogP contribution in [0, 0.1) is 13.8 Å². The first-order chi connectivity index (χ1) is 18.8. The lowest BCUT2D eigenvalue weighted by molar-refractivity contribution is -0.116. The van der Waals surface area contributed by atoms with Crippen LogP contribution in [0.5, 0.6) is 0 Å². The van der Waals surface area contributed by atoms with Gasteiger partial charge >= 0.3 is 11.8 Å². The largest absolute Gasteiger partial charge is 0.450 e. The van der Waals surface area contributed by atoms with Gasteiger partial charge in [0.2, 0.25) is 5.91 Å². The van der Waals surface area contributed by atoms with Crippen molar-refractivity contribution in [2.75, 3.05) is 18.5 Å². The molecule has 1 aliphatic heterocycles. The van der Waals surface area contributed by atoms with Crippen molar-refractivity contribution in [1.82, 2.24) is 14.0 Å². The molecule has 2 amide bonds. The van der Waals surface area contributed by atoms with Crippen LogP contribution in [0.25, 0.3) is 10.2 Å². The zero-order valence-electron chi connectivity index (χ0n) is 22.2. The van der Waals surface area contributed by atoms with E-state index in [9.17, 15) is 19.2 Å². The van der Waals surface area contributed by atoms with Crippen LogP contribution in [-0.2, 0) is 35.6 Å². The molecule has 0 bridgehead atoms. The summed E-state index contributed by atoms with van der Waals surface area (Å²) >= 11 is 1.28. The Labute approximate surface area is 229 Å². The van der Waals surface area contributed by atoms with Crippen LogP contribution in [0.15, 0.2) is 58.1 Å². The van der Waals surface area contributed by atoms with Crippen LogP contribution in [0.4, 0.5) is 10.5 Å². The molecule has 1 aliphatic rings. The molecule has 2 aromatic carbocycles. The van der Waals surface area contributed by atoms with Gasteiger partial charge < -0.3 is 15.0 Å². The van der Waals surface area contributed by atoms with E-state index in [-0.39, 0.29) is 37.7 Å². The number of nitrogens with one attached hydrogen (secondary N) is 1. The van der Waals surface area contributed by atoms with Gasteiger partial charge in [0.1, 0.15) is 11.4 Å². The molecule has 4 aromatic rings. The van der Waals surface area contributed by atoms with Gasteiger partial charge in [-0.2, -0.15) is 0 Å². The second-order valence-electron chi connectivity index (χ2n) is 9.67. The minimum atomic E-state index is -0.548. The van der Waals surface area contributed by atoms with Gasteiger partial charge in [-0.3, -0.25) is 18.7 Å². The summed E-state index contributed by atoms with van der Waals surface area (Å²) in [5.41, 5.74) is 3.37. The van der Waals surface area contributed by atoms with Crippen LogP contribution >= 0.6 is 11.3 Å². The highest BCUT2D eigenvalue weighted by molar-refractivity contribution is 7.18. The molecule has 9 nitrogen and oxygen atoms in total. The molecule has 0 radical (unpaired) electrons. The van der Waals surface area contributed by atoms with E-state index >= 15 is 0 Å². The lowest BCUT2D eigenvalue weighted by Gasteiger charge is -2.25. The molecule has 0 saturated heterocycles. The molecule has 2 aromatic heterocycles. The van der Waals surface area contributed by atoms with Gasteiger partial charge in [0.05, 0.1) is 25.1 Å². The molecule has 0 saturated carbocycles. The summed E-state index contributed by atoms with van der Waals surface area (Å²) in [4.78, 5) is 55.9. The molecule has 0 spiro atoms. The van der Waals surface area contributed by atoms with E-state index in [0.717, 1.165) is 27.1 Å². The highest BCUT2D eigenvalue weighted by Crippen LogP contribution is 2.33. The standard InChI is InChI=1S/C29H30N4O5S/c1-4-38-29(37)31-13-12-21-23(16-31)39-27-25(21)26(35)32(15-20-8-6-5-7-9-20)28(36)33(27)17-24(34)30-22-11-10-18(2)14-19(22)3/h5-11,14H,4,12-13,15-17H2,1-3H3,(H,30,34). The number of hydrogen-bond donors (Lipinski definition) is 1. The highest BCUT2D eigenvalue weighted by atomic mass is 32.1. The summed E-state index contributed by atoms with van der Waals surface area (Å²) in [6.07, 6.45) is 0.0501. The number of rotatable bonds is 6. The van der Waals surface area contributed by atoms with Gasteiger partial charge in [-0.25, -0.2) is 9.59 Å². The molecule has 5 rings (SSSR count). The number of benzene rings is 2. The number of carbonyl (C=O) groups excluding carboxylic acids is 2. The number of nitrogens with zero attached hydrogens (tertiary/aromatic N) is 3. The molecule has 202 valence electrons. The molecule has 3 heterocycles. The van der Waals surface area contributed by atoms with Crippen molar-refractivity contribution >= 4 is 39.2 Å². The number of thiophene rings is 1. The Hall–Kier alpha value is -4.18.